The van der Waals surface area contributed by atoms with Gasteiger partial charge in [0.15, 0.2) is 0 Å². The summed E-state index contributed by atoms with van der Waals surface area (Å²) in [4.78, 5) is 10.9. The Hall–Kier alpha value is -1.81. The summed E-state index contributed by atoms with van der Waals surface area (Å²) in [7, 11) is 0. The highest BCUT2D eigenvalue weighted by Gasteiger charge is 2.05. The van der Waals surface area contributed by atoms with Crippen LogP contribution in [0.2, 0.25) is 0 Å². The van der Waals surface area contributed by atoms with Crippen LogP contribution in [0, 0.1) is 0 Å². The van der Waals surface area contributed by atoms with Crippen molar-refractivity contribution >= 4 is 21.9 Å². The maximum atomic E-state index is 10.9. The molecular weight excluding hydrogens is 308 g/mol. The molecule has 0 aliphatic carbocycles. The maximum Gasteiger partial charge on any atom is 0.308 e. The zero-order chi connectivity index (χ0) is 13.7. The fraction of sp³-hybridized carbons (Fsp3) is 0.133. The van der Waals surface area contributed by atoms with E-state index in [1.807, 2.05) is 30.3 Å². The first-order chi connectivity index (χ1) is 9.15. The number of carbonyl (C=O) groups excluding carboxylic acids is 1. The zero-order valence-corrected chi connectivity index (χ0v) is 12.0. The number of hydrogen-bond acceptors (Lipinski definition) is 3. The van der Waals surface area contributed by atoms with Crippen molar-refractivity contribution in [3.63, 3.8) is 0 Å². The monoisotopic (exact) mass is 320 g/mol. The Morgan fingerprint density at radius 2 is 1.89 bits per heavy atom. The highest BCUT2D eigenvalue weighted by molar-refractivity contribution is 9.10. The third kappa shape index (κ3) is 4.10. The van der Waals surface area contributed by atoms with Crippen molar-refractivity contribution < 1.29 is 14.3 Å². The predicted octanol–water partition coefficient (Wildman–Crippen LogP) is 3.95. The molecule has 0 spiro atoms. The minimum absolute atomic E-state index is 0.343. The smallest absolute Gasteiger partial charge is 0.308 e. The fourth-order valence-electron chi connectivity index (χ4n) is 1.56. The van der Waals surface area contributed by atoms with Crippen molar-refractivity contribution in [3.05, 3.63) is 58.6 Å². The Bertz CT molecular complexity index is 567. The van der Waals surface area contributed by atoms with Crippen molar-refractivity contribution in [2.45, 2.75) is 13.5 Å². The predicted molar refractivity (Wildman–Crippen MR) is 76.2 cm³/mol. The van der Waals surface area contributed by atoms with E-state index in [1.165, 1.54) is 6.92 Å². The lowest BCUT2D eigenvalue weighted by molar-refractivity contribution is -0.131. The van der Waals surface area contributed by atoms with Crippen molar-refractivity contribution in [1.82, 2.24) is 0 Å². The molecule has 98 valence electrons. The second-order valence-corrected chi connectivity index (χ2v) is 4.81. The quantitative estimate of drug-likeness (QED) is 0.632. The molecule has 0 aromatic heterocycles. The Labute approximate surface area is 120 Å². The second kappa shape index (κ2) is 6.38. The number of benzene rings is 2. The molecule has 4 heteroatoms. The Morgan fingerprint density at radius 3 is 2.53 bits per heavy atom. The van der Waals surface area contributed by atoms with Gasteiger partial charge in [0.25, 0.3) is 0 Å². The average Bonchev–Trinajstić information content (AvgIpc) is 2.38. The molecule has 19 heavy (non-hydrogen) atoms. The highest BCUT2D eigenvalue weighted by Crippen LogP contribution is 2.29. The second-order valence-electron chi connectivity index (χ2n) is 3.96. The van der Waals surface area contributed by atoms with Crippen LogP contribution in [0.15, 0.2) is 53.0 Å². The van der Waals surface area contributed by atoms with Gasteiger partial charge in [0, 0.05) is 6.92 Å². The SMILES string of the molecule is CC(=O)Oc1ccc(OCc2ccccc2)c(Br)c1. The van der Waals surface area contributed by atoms with Crippen LogP contribution in [0.3, 0.4) is 0 Å². The molecule has 0 saturated carbocycles. The molecular formula is C15H13BrO3. The van der Waals surface area contributed by atoms with Crippen molar-refractivity contribution in [2.24, 2.45) is 0 Å². The van der Waals surface area contributed by atoms with Crippen molar-refractivity contribution in [3.8, 4) is 11.5 Å². The fourth-order valence-corrected chi connectivity index (χ4v) is 2.04. The summed E-state index contributed by atoms with van der Waals surface area (Å²) < 4.78 is 11.4. The normalized spacial score (nSPS) is 10.0. The topological polar surface area (TPSA) is 35.5 Å². The lowest BCUT2D eigenvalue weighted by Crippen LogP contribution is -2.01. The Morgan fingerprint density at radius 1 is 1.16 bits per heavy atom. The van der Waals surface area contributed by atoms with E-state index >= 15 is 0 Å². The van der Waals surface area contributed by atoms with Gasteiger partial charge in [0.05, 0.1) is 4.47 Å². The van der Waals surface area contributed by atoms with E-state index in [9.17, 15) is 4.79 Å². The van der Waals surface area contributed by atoms with Gasteiger partial charge < -0.3 is 9.47 Å². The van der Waals surface area contributed by atoms with Crippen LogP contribution in [0.5, 0.6) is 11.5 Å². The van der Waals surface area contributed by atoms with E-state index < -0.39 is 0 Å². The van der Waals surface area contributed by atoms with Crippen LogP contribution < -0.4 is 9.47 Å². The lowest BCUT2D eigenvalue weighted by atomic mass is 10.2. The number of hydrogen-bond donors (Lipinski definition) is 0. The Balaban J connectivity index is 2.03. The van der Waals surface area contributed by atoms with E-state index in [0.29, 0.717) is 18.1 Å². The van der Waals surface area contributed by atoms with Crippen LogP contribution in [-0.4, -0.2) is 5.97 Å². The molecule has 0 N–H and O–H groups in total. The standard InChI is InChI=1S/C15H13BrO3/c1-11(17)19-13-7-8-15(14(16)9-13)18-10-12-5-3-2-4-6-12/h2-9H,10H2,1H3. The molecule has 2 aromatic carbocycles. The first-order valence-electron chi connectivity index (χ1n) is 5.80. The summed E-state index contributed by atoms with van der Waals surface area (Å²) in [5, 5.41) is 0. The lowest BCUT2D eigenvalue weighted by Gasteiger charge is -2.09. The van der Waals surface area contributed by atoms with Gasteiger partial charge in [-0.05, 0) is 39.7 Å². The first-order valence-corrected chi connectivity index (χ1v) is 6.59. The molecule has 0 saturated heterocycles. The van der Waals surface area contributed by atoms with Gasteiger partial charge in [-0.25, -0.2) is 0 Å². The summed E-state index contributed by atoms with van der Waals surface area (Å²) >= 11 is 3.39. The van der Waals surface area contributed by atoms with Crippen LogP contribution in [0.1, 0.15) is 12.5 Å². The summed E-state index contributed by atoms with van der Waals surface area (Å²) in [5.74, 6) is 0.857. The summed E-state index contributed by atoms with van der Waals surface area (Å²) in [6, 6.07) is 15.1. The van der Waals surface area contributed by atoms with Crippen molar-refractivity contribution in [1.29, 1.82) is 0 Å². The molecule has 0 bridgehead atoms. The minimum atomic E-state index is -0.343. The van der Waals surface area contributed by atoms with Gasteiger partial charge in [0.1, 0.15) is 18.1 Å². The third-order valence-corrected chi connectivity index (χ3v) is 3.02. The van der Waals surface area contributed by atoms with E-state index in [-0.39, 0.29) is 5.97 Å². The van der Waals surface area contributed by atoms with E-state index in [0.717, 1.165) is 10.0 Å². The average molecular weight is 321 g/mol. The minimum Gasteiger partial charge on any atom is -0.488 e. The van der Waals surface area contributed by atoms with E-state index in [1.54, 1.807) is 18.2 Å². The number of rotatable bonds is 4. The summed E-state index contributed by atoms with van der Waals surface area (Å²) in [6.45, 7) is 1.86. The van der Waals surface area contributed by atoms with Gasteiger partial charge >= 0.3 is 5.97 Å². The molecule has 0 radical (unpaired) electrons. The highest BCUT2D eigenvalue weighted by atomic mass is 79.9. The van der Waals surface area contributed by atoms with Crippen molar-refractivity contribution in [2.75, 3.05) is 0 Å². The molecule has 0 atom stereocenters. The first kappa shape index (κ1) is 13.6. The summed E-state index contributed by atoms with van der Waals surface area (Å²) in [5.41, 5.74) is 1.10. The third-order valence-electron chi connectivity index (χ3n) is 2.40. The zero-order valence-electron chi connectivity index (χ0n) is 10.4. The molecule has 3 nitrogen and oxygen atoms in total. The van der Waals surface area contributed by atoms with Crippen LogP contribution in [0.4, 0.5) is 0 Å². The number of ether oxygens (including phenoxy) is 2. The molecule has 2 rings (SSSR count). The number of carbonyl (C=O) groups is 1. The molecule has 0 aliphatic heterocycles. The molecule has 0 fully saturated rings. The molecule has 0 amide bonds. The van der Waals surface area contributed by atoms with Gasteiger partial charge in [0.2, 0.25) is 0 Å². The largest absolute Gasteiger partial charge is 0.488 e. The molecule has 0 unspecified atom stereocenters. The number of halogens is 1. The van der Waals surface area contributed by atoms with Crippen LogP contribution in [-0.2, 0) is 11.4 Å². The van der Waals surface area contributed by atoms with Gasteiger partial charge in [-0.3, -0.25) is 4.79 Å². The van der Waals surface area contributed by atoms with Gasteiger partial charge in [-0.1, -0.05) is 30.3 Å². The number of esters is 1. The van der Waals surface area contributed by atoms with E-state index in [2.05, 4.69) is 15.9 Å². The van der Waals surface area contributed by atoms with E-state index in [4.69, 9.17) is 9.47 Å². The van der Waals surface area contributed by atoms with Crippen LogP contribution in [0.25, 0.3) is 0 Å². The molecule has 0 heterocycles. The summed E-state index contributed by atoms with van der Waals surface area (Å²) in [6.07, 6.45) is 0. The molecule has 2 aromatic rings. The molecule has 0 aliphatic rings. The Kier molecular flexibility index (Phi) is 4.58. The maximum absolute atomic E-state index is 10.9. The van der Waals surface area contributed by atoms with Crippen LogP contribution >= 0.6 is 15.9 Å². The van der Waals surface area contributed by atoms with Gasteiger partial charge in [-0.2, -0.15) is 0 Å². The van der Waals surface area contributed by atoms with Gasteiger partial charge in [-0.15, -0.1) is 0 Å².